The summed E-state index contributed by atoms with van der Waals surface area (Å²) < 4.78 is 1.39. The minimum Gasteiger partial charge on any atom is -0.397 e. The molecule has 0 saturated carbocycles. The molecule has 98 valence electrons. The number of nitrogens with zero attached hydrogens (tertiary/aromatic N) is 4. The Bertz CT molecular complexity index is 762. The largest absolute Gasteiger partial charge is 0.397 e. The molecule has 0 fully saturated rings. The molecular weight excluding hydrogens is 256 g/mol. The molecule has 1 aromatic carbocycles. The first kappa shape index (κ1) is 13.1. The maximum atomic E-state index is 11.6. The van der Waals surface area contributed by atoms with E-state index >= 15 is 0 Å². The van der Waals surface area contributed by atoms with Crippen LogP contribution in [0.2, 0.25) is 0 Å². The van der Waals surface area contributed by atoms with E-state index in [9.17, 15) is 4.79 Å². The summed E-state index contributed by atoms with van der Waals surface area (Å²) in [6, 6.07) is 8.41. The normalized spacial score (nSPS) is 9.55. The molecule has 0 radical (unpaired) electrons. The van der Waals surface area contributed by atoms with Gasteiger partial charge in [0, 0.05) is 12.6 Å². The minimum absolute atomic E-state index is 0.0113. The van der Waals surface area contributed by atoms with Crippen molar-refractivity contribution in [3.63, 3.8) is 0 Å². The number of nitrogen functional groups attached to an aromatic ring is 1. The molecule has 1 heterocycles. The fourth-order valence-electron chi connectivity index (χ4n) is 1.76. The van der Waals surface area contributed by atoms with E-state index in [4.69, 9.17) is 16.3 Å². The summed E-state index contributed by atoms with van der Waals surface area (Å²) in [7, 11) is 1.52. The number of hydrogen-bond donors (Lipinski definition) is 2. The molecule has 2 rings (SSSR count). The van der Waals surface area contributed by atoms with E-state index in [0.29, 0.717) is 16.9 Å². The molecule has 1 aromatic heterocycles. The molecular formula is C13H10N6O. The fourth-order valence-corrected chi connectivity index (χ4v) is 1.76. The number of anilines is 1. The number of nitrogens with one attached hydrogen (secondary N) is 1. The minimum atomic E-state index is -0.273. The van der Waals surface area contributed by atoms with Gasteiger partial charge in [-0.05, 0) is 18.2 Å². The van der Waals surface area contributed by atoms with Crippen molar-refractivity contribution in [3.05, 3.63) is 41.5 Å². The van der Waals surface area contributed by atoms with Crippen molar-refractivity contribution in [3.8, 4) is 17.8 Å². The highest BCUT2D eigenvalue weighted by Gasteiger charge is 2.15. The first-order chi connectivity index (χ1) is 9.62. The van der Waals surface area contributed by atoms with E-state index in [-0.39, 0.29) is 17.3 Å². The van der Waals surface area contributed by atoms with Crippen LogP contribution < -0.4 is 11.1 Å². The van der Waals surface area contributed by atoms with Gasteiger partial charge in [-0.2, -0.15) is 10.5 Å². The molecule has 0 saturated heterocycles. The SMILES string of the molecule is CNC(=O)c1ccc(N)c(-n2cnc(C#N)c2C#N)c1. The van der Waals surface area contributed by atoms with Crippen molar-refractivity contribution in [2.24, 2.45) is 0 Å². The number of nitriles is 2. The topological polar surface area (TPSA) is 121 Å². The molecule has 0 bridgehead atoms. The lowest BCUT2D eigenvalue weighted by Gasteiger charge is -2.09. The van der Waals surface area contributed by atoms with Crippen molar-refractivity contribution in [2.75, 3.05) is 12.8 Å². The van der Waals surface area contributed by atoms with Crippen LogP contribution in [0.5, 0.6) is 0 Å². The maximum absolute atomic E-state index is 11.6. The van der Waals surface area contributed by atoms with Crippen LogP contribution in [0.1, 0.15) is 21.7 Å². The highest BCUT2D eigenvalue weighted by molar-refractivity contribution is 5.95. The number of aromatic nitrogens is 2. The van der Waals surface area contributed by atoms with Crippen LogP contribution in [0.25, 0.3) is 5.69 Å². The van der Waals surface area contributed by atoms with Crippen LogP contribution in [-0.4, -0.2) is 22.5 Å². The Labute approximate surface area is 114 Å². The summed E-state index contributed by atoms with van der Waals surface area (Å²) in [6.07, 6.45) is 1.33. The van der Waals surface area contributed by atoms with E-state index in [1.807, 2.05) is 12.1 Å². The van der Waals surface area contributed by atoms with Crippen molar-refractivity contribution in [1.29, 1.82) is 10.5 Å². The van der Waals surface area contributed by atoms with Crippen molar-refractivity contribution >= 4 is 11.6 Å². The number of imidazole rings is 1. The molecule has 20 heavy (non-hydrogen) atoms. The van der Waals surface area contributed by atoms with Crippen LogP contribution in [0.4, 0.5) is 5.69 Å². The van der Waals surface area contributed by atoms with E-state index in [0.717, 1.165) is 0 Å². The Hall–Kier alpha value is -3.32. The molecule has 0 atom stereocenters. The lowest BCUT2D eigenvalue weighted by Crippen LogP contribution is -2.18. The van der Waals surface area contributed by atoms with E-state index in [1.54, 1.807) is 12.1 Å². The van der Waals surface area contributed by atoms with Crippen LogP contribution in [0, 0.1) is 22.7 Å². The first-order valence-corrected chi connectivity index (χ1v) is 5.62. The van der Waals surface area contributed by atoms with Crippen LogP contribution in [-0.2, 0) is 0 Å². The summed E-state index contributed by atoms with van der Waals surface area (Å²) in [5.74, 6) is -0.273. The molecule has 0 aliphatic rings. The average Bonchev–Trinajstić information content (AvgIpc) is 2.89. The van der Waals surface area contributed by atoms with Gasteiger partial charge in [0.1, 0.15) is 18.5 Å². The number of nitrogens with two attached hydrogens (primary N) is 1. The lowest BCUT2D eigenvalue weighted by molar-refractivity contribution is 0.0963. The number of rotatable bonds is 2. The highest BCUT2D eigenvalue weighted by atomic mass is 16.1. The zero-order valence-electron chi connectivity index (χ0n) is 10.6. The lowest BCUT2D eigenvalue weighted by atomic mass is 10.1. The third kappa shape index (κ3) is 2.04. The summed E-state index contributed by atoms with van der Waals surface area (Å²) >= 11 is 0. The molecule has 7 nitrogen and oxygen atoms in total. The monoisotopic (exact) mass is 266 g/mol. The predicted molar refractivity (Wildman–Crippen MR) is 70.8 cm³/mol. The fraction of sp³-hybridized carbons (Fsp3) is 0.0769. The zero-order chi connectivity index (χ0) is 14.7. The van der Waals surface area contributed by atoms with Crippen molar-refractivity contribution in [2.45, 2.75) is 0 Å². The van der Waals surface area contributed by atoms with Crippen LogP contribution in [0.15, 0.2) is 24.5 Å². The number of benzene rings is 1. The molecule has 7 heteroatoms. The standard InChI is InChI=1S/C13H10N6O/c1-17-13(20)8-2-3-9(16)11(4-8)19-7-18-10(5-14)12(19)6-15/h2-4,7H,16H2,1H3,(H,17,20). The van der Waals surface area contributed by atoms with Gasteiger partial charge >= 0.3 is 0 Å². The van der Waals surface area contributed by atoms with Crippen LogP contribution >= 0.6 is 0 Å². The Morgan fingerprint density at radius 3 is 2.75 bits per heavy atom. The van der Waals surface area contributed by atoms with Gasteiger partial charge < -0.3 is 11.1 Å². The van der Waals surface area contributed by atoms with Gasteiger partial charge in [0.15, 0.2) is 11.4 Å². The third-order valence-corrected chi connectivity index (χ3v) is 2.76. The number of hydrogen-bond acceptors (Lipinski definition) is 5. The molecule has 0 spiro atoms. The maximum Gasteiger partial charge on any atom is 0.251 e. The average molecular weight is 266 g/mol. The van der Waals surface area contributed by atoms with E-state index in [1.165, 1.54) is 24.0 Å². The summed E-state index contributed by atoms with van der Waals surface area (Å²) in [5, 5.41) is 20.5. The Morgan fingerprint density at radius 1 is 1.40 bits per heavy atom. The summed E-state index contributed by atoms with van der Waals surface area (Å²) in [4.78, 5) is 15.5. The molecule has 3 N–H and O–H groups in total. The molecule has 0 aliphatic carbocycles. The van der Waals surface area contributed by atoms with Gasteiger partial charge in [-0.1, -0.05) is 0 Å². The summed E-state index contributed by atoms with van der Waals surface area (Å²) in [5.41, 5.74) is 7.15. The Kier molecular flexibility index (Phi) is 3.36. The van der Waals surface area contributed by atoms with Gasteiger partial charge in [-0.3, -0.25) is 9.36 Å². The zero-order valence-corrected chi connectivity index (χ0v) is 10.6. The van der Waals surface area contributed by atoms with Gasteiger partial charge in [-0.15, -0.1) is 0 Å². The number of carbonyl (C=O) groups excluding carboxylic acids is 1. The number of carbonyl (C=O) groups is 1. The quantitative estimate of drug-likeness (QED) is 0.769. The smallest absolute Gasteiger partial charge is 0.251 e. The number of amides is 1. The van der Waals surface area contributed by atoms with E-state index < -0.39 is 0 Å². The third-order valence-electron chi connectivity index (χ3n) is 2.76. The Balaban J connectivity index is 2.65. The molecule has 2 aromatic rings. The second-order valence-corrected chi connectivity index (χ2v) is 3.89. The highest BCUT2D eigenvalue weighted by Crippen LogP contribution is 2.22. The molecule has 0 aliphatic heterocycles. The van der Waals surface area contributed by atoms with Crippen LogP contribution in [0.3, 0.4) is 0 Å². The van der Waals surface area contributed by atoms with Gasteiger partial charge in [0.25, 0.3) is 5.91 Å². The van der Waals surface area contributed by atoms with Gasteiger partial charge in [0.2, 0.25) is 0 Å². The van der Waals surface area contributed by atoms with Crippen molar-refractivity contribution in [1.82, 2.24) is 14.9 Å². The van der Waals surface area contributed by atoms with Crippen molar-refractivity contribution < 1.29 is 4.79 Å². The predicted octanol–water partition coefficient (Wildman–Crippen LogP) is 0.557. The molecule has 0 unspecified atom stereocenters. The Morgan fingerprint density at radius 2 is 2.15 bits per heavy atom. The molecule has 1 amide bonds. The van der Waals surface area contributed by atoms with Gasteiger partial charge in [-0.25, -0.2) is 4.98 Å². The summed E-state index contributed by atoms with van der Waals surface area (Å²) in [6.45, 7) is 0. The van der Waals surface area contributed by atoms with E-state index in [2.05, 4.69) is 10.3 Å². The van der Waals surface area contributed by atoms with Gasteiger partial charge in [0.05, 0.1) is 11.4 Å². The second-order valence-electron chi connectivity index (χ2n) is 3.89. The second kappa shape index (κ2) is 5.12. The first-order valence-electron chi connectivity index (χ1n) is 5.62.